The summed E-state index contributed by atoms with van der Waals surface area (Å²) in [6, 6.07) is 14.3. The van der Waals surface area contributed by atoms with Gasteiger partial charge in [0.25, 0.3) is 4.84 Å². The molecule has 1 aromatic heterocycles. The summed E-state index contributed by atoms with van der Waals surface area (Å²) in [6.45, 7) is 2.25. The van der Waals surface area contributed by atoms with E-state index in [0.29, 0.717) is 15.1 Å². The average molecular weight is 462 g/mol. The minimum atomic E-state index is 0.374. The molecule has 0 saturated carbocycles. The molecule has 3 aromatic rings. The summed E-state index contributed by atoms with van der Waals surface area (Å²) < 4.78 is 9.28. The molecule has 0 N–H and O–H groups in total. The van der Waals surface area contributed by atoms with Gasteiger partial charge >= 0.3 is 0 Å². The molecular formula is C22H24BrNOS2. The van der Waals surface area contributed by atoms with Crippen LogP contribution in [0.2, 0.25) is 0 Å². The number of nitrogens with zero attached hydrogens (tertiary/aromatic N) is 1. The monoisotopic (exact) mass is 461 g/mol. The smallest absolute Gasteiger partial charge is 0.274 e. The molecule has 0 radical (unpaired) electrons. The molecule has 0 atom stereocenters. The van der Waals surface area contributed by atoms with Crippen LogP contribution in [-0.4, -0.2) is 4.57 Å². The molecule has 3 rings (SSSR count). The van der Waals surface area contributed by atoms with E-state index in [0.717, 1.165) is 22.0 Å². The first-order valence-corrected chi connectivity index (χ1v) is 11.2. The molecule has 0 fully saturated rings. The lowest BCUT2D eigenvalue weighted by Crippen LogP contribution is -2.00. The van der Waals surface area contributed by atoms with Crippen LogP contribution < -0.4 is 0 Å². The van der Waals surface area contributed by atoms with Gasteiger partial charge in [-0.05, 0) is 61.0 Å². The quantitative estimate of drug-likeness (QED) is 0.248. The first kappa shape index (κ1) is 20.4. The second-order valence-electron chi connectivity index (χ2n) is 6.83. The van der Waals surface area contributed by atoms with Gasteiger partial charge < -0.3 is 4.42 Å². The highest BCUT2D eigenvalue weighted by molar-refractivity contribution is 9.10. The van der Waals surface area contributed by atoms with Gasteiger partial charge in [0.1, 0.15) is 10.2 Å². The minimum absolute atomic E-state index is 0.374. The maximum absolute atomic E-state index is 5.82. The van der Waals surface area contributed by atoms with Crippen LogP contribution in [0.1, 0.15) is 51.0 Å². The Morgan fingerprint density at radius 3 is 2.37 bits per heavy atom. The molecule has 0 aliphatic carbocycles. The molecule has 2 aromatic carbocycles. The number of hydrogen-bond donors (Lipinski definition) is 0. The van der Waals surface area contributed by atoms with E-state index in [2.05, 4.69) is 47.1 Å². The summed E-state index contributed by atoms with van der Waals surface area (Å²) in [6.07, 6.45) is 9.02. The van der Waals surface area contributed by atoms with Gasteiger partial charge in [0.05, 0.1) is 11.1 Å². The average Bonchev–Trinajstić information content (AvgIpc) is 2.66. The minimum Gasteiger partial charge on any atom is -0.431 e. The molecular weight excluding hydrogens is 438 g/mol. The van der Waals surface area contributed by atoms with Crippen molar-refractivity contribution < 1.29 is 4.42 Å². The van der Waals surface area contributed by atoms with E-state index >= 15 is 0 Å². The van der Waals surface area contributed by atoms with Gasteiger partial charge in [0, 0.05) is 4.47 Å². The van der Waals surface area contributed by atoms with Crippen LogP contribution in [0, 0.1) is 9.48 Å². The first-order chi connectivity index (χ1) is 13.1. The molecule has 0 amide bonds. The number of benzene rings is 2. The van der Waals surface area contributed by atoms with Gasteiger partial charge in [-0.1, -0.05) is 79.3 Å². The van der Waals surface area contributed by atoms with Crippen LogP contribution in [0.5, 0.6) is 0 Å². The van der Waals surface area contributed by atoms with Crippen molar-refractivity contribution in [1.29, 1.82) is 0 Å². The molecule has 0 aliphatic heterocycles. The molecule has 1 heterocycles. The van der Waals surface area contributed by atoms with E-state index in [1.165, 1.54) is 44.1 Å². The Hall–Kier alpha value is -1.30. The first-order valence-electron chi connectivity index (χ1n) is 9.55. The number of halogens is 1. The Morgan fingerprint density at radius 2 is 1.63 bits per heavy atom. The van der Waals surface area contributed by atoms with Crippen molar-refractivity contribution in [2.24, 2.45) is 0 Å². The van der Waals surface area contributed by atoms with E-state index in [9.17, 15) is 0 Å². The van der Waals surface area contributed by atoms with E-state index in [1.807, 2.05) is 22.8 Å². The van der Waals surface area contributed by atoms with Crippen LogP contribution in [-0.2, 0) is 6.42 Å². The lowest BCUT2D eigenvalue weighted by atomic mass is 10.0. The Bertz CT molecular complexity index is 1020. The Balaban J connectivity index is 1.77. The summed E-state index contributed by atoms with van der Waals surface area (Å²) in [7, 11) is 0. The normalized spacial score (nSPS) is 11.2. The van der Waals surface area contributed by atoms with E-state index in [-0.39, 0.29) is 0 Å². The lowest BCUT2D eigenvalue weighted by Gasteiger charge is -2.10. The maximum Gasteiger partial charge on any atom is 0.274 e. The number of unbranched alkanes of at least 4 members (excludes halogenated alkanes) is 5. The number of rotatable bonds is 8. The zero-order valence-electron chi connectivity index (χ0n) is 15.5. The van der Waals surface area contributed by atoms with Gasteiger partial charge in [-0.25, -0.2) is 0 Å². The van der Waals surface area contributed by atoms with Crippen molar-refractivity contribution in [3.63, 3.8) is 0 Å². The second-order valence-corrected chi connectivity index (χ2v) is 8.48. The molecule has 0 bridgehead atoms. The van der Waals surface area contributed by atoms with Gasteiger partial charge in [0.2, 0.25) is 0 Å². The molecule has 0 spiro atoms. The molecule has 0 saturated heterocycles. The van der Waals surface area contributed by atoms with Gasteiger partial charge in [-0.3, -0.25) is 4.57 Å². The standard InChI is InChI=1S/C22H24BrNOS2/c1-2-3-4-5-6-7-8-16-9-12-18(13-10-16)24-21(26)19-15-17(23)11-14-20(19)25-22(24)27/h9-15H,2-8H2,1H3. The molecule has 142 valence electrons. The third-order valence-electron chi connectivity index (χ3n) is 4.77. The van der Waals surface area contributed by atoms with Crippen LogP contribution in [0.4, 0.5) is 0 Å². The van der Waals surface area contributed by atoms with Crippen LogP contribution in [0.25, 0.3) is 16.7 Å². The SMILES string of the molecule is CCCCCCCCc1ccc(-n2c(=S)oc3ccc(Br)cc3c2=S)cc1. The van der Waals surface area contributed by atoms with Crippen LogP contribution in [0.3, 0.4) is 0 Å². The zero-order valence-corrected chi connectivity index (χ0v) is 18.8. The van der Waals surface area contributed by atoms with Gasteiger partial charge in [-0.15, -0.1) is 0 Å². The van der Waals surface area contributed by atoms with Crippen molar-refractivity contribution in [1.82, 2.24) is 4.57 Å². The summed E-state index contributed by atoms with van der Waals surface area (Å²) in [5.74, 6) is 0. The third kappa shape index (κ3) is 5.15. The number of fused-ring (bicyclic) bond motifs is 1. The Morgan fingerprint density at radius 1 is 0.926 bits per heavy atom. The van der Waals surface area contributed by atoms with Crippen molar-refractivity contribution >= 4 is 51.3 Å². The molecule has 0 aliphatic rings. The Kier molecular flexibility index (Phi) is 7.39. The fourth-order valence-corrected chi connectivity index (χ4v) is 4.30. The summed E-state index contributed by atoms with van der Waals surface area (Å²) >= 11 is 14.6. The highest BCUT2D eigenvalue weighted by atomic mass is 79.9. The highest BCUT2D eigenvalue weighted by Crippen LogP contribution is 2.24. The van der Waals surface area contributed by atoms with Crippen molar-refractivity contribution in [2.45, 2.75) is 51.9 Å². The van der Waals surface area contributed by atoms with Crippen LogP contribution in [0.15, 0.2) is 51.4 Å². The molecule has 2 nitrogen and oxygen atoms in total. The van der Waals surface area contributed by atoms with Crippen LogP contribution >= 0.6 is 40.4 Å². The second kappa shape index (κ2) is 9.76. The van der Waals surface area contributed by atoms with E-state index < -0.39 is 0 Å². The van der Waals surface area contributed by atoms with Crippen molar-refractivity contribution in [3.8, 4) is 5.69 Å². The molecule has 5 heteroatoms. The summed E-state index contributed by atoms with van der Waals surface area (Å²) in [5, 5.41) is 0.879. The third-order valence-corrected chi connectivity index (χ3v) is 5.93. The highest BCUT2D eigenvalue weighted by Gasteiger charge is 2.07. The molecule has 27 heavy (non-hydrogen) atoms. The summed E-state index contributed by atoms with van der Waals surface area (Å²) in [5.41, 5.74) is 3.01. The van der Waals surface area contributed by atoms with E-state index in [1.54, 1.807) is 0 Å². The predicted octanol–water partition coefficient (Wildman–Crippen LogP) is 8.35. The maximum atomic E-state index is 5.82. The van der Waals surface area contributed by atoms with Crippen molar-refractivity contribution in [3.05, 3.63) is 62.0 Å². The topological polar surface area (TPSA) is 18.1 Å². The fourth-order valence-electron chi connectivity index (χ4n) is 3.25. The fraction of sp³-hybridized carbons (Fsp3) is 0.364. The summed E-state index contributed by atoms with van der Waals surface area (Å²) in [4.78, 5) is 0.374. The zero-order chi connectivity index (χ0) is 19.2. The Labute approximate surface area is 179 Å². The largest absolute Gasteiger partial charge is 0.431 e. The number of aromatic nitrogens is 1. The van der Waals surface area contributed by atoms with Crippen molar-refractivity contribution in [2.75, 3.05) is 0 Å². The van der Waals surface area contributed by atoms with Gasteiger partial charge in [0.15, 0.2) is 0 Å². The van der Waals surface area contributed by atoms with Gasteiger partial charge in [-0.2, -0.15) is 0 Å². The number of aryl methyl sites for hydroxylation is 1. The van der Waals surface area contributed by atoms with E-state index in [4.69, 9.17) is 28.9 Å². The number of hydrogen-bond acceptors (Lipinski definition) is 3. The lowest BCUT2D eigenvalue weighted by molar-refractivity contribution is 0.537. The molecule has 0 unspecified atom stereocenters. The predicted molar refractivity (Wildman–Crippen MR) is 122 cm³/mol.